The molecule has 2 unspecified atom stereocenters. The van der Waals surface area contributed by atoms with Crippen LogP contribution in [0, 0.1) is 11.8 Å². The number of rotatable bonds is 10. The van der Waals surface area contributed by atoms with Crippen molar-refractivity contribution in [2.45, 2.75) is 52.5 Å². The maximum Gasteiger partial charge on any atom is 0.326 e. The standard InChI is InChI=1S/C14H25NO6/c1-4-5-12(18)20-8-21-14(19)13(15)10(6-9(2)3)7-11(16)17/h9-10,13H,4-8,15H2,1-3H3,(H,16,17). The lowest BCUT2D eigenvalue weighted by atomic mass is 9.88. The Labute approximate surface area is 124 Å². The van der Waals surface area contributed by atoms with Crippen molar-refractivity contribution in [1.82, 2.24) is 0 Å². The zero-order valence-corrected chi connectivity index (χ0v) is 12.8. The summed E-state index contributed by atoms with van der Waals surface area (Å²) in [6.07, 6.45) is 1.18. The summed E-state index contributed by atoms with van der Waals surface area (Å²) in [4.78, 5) is 33.7. The molecule has 0 amide bonds. The lowest BCUT2D eigenvalue weighted by molar-refractivity contribution is -0.169. The molecule has 0 aliphatic heterocycles. The van der Waals surface area contributed by atoms with E-state index < -0.39 is 36.7 Å². The van der Waals surface area contributed by atoms with E-state index in [-0.39, 0.29) is 18.8 Å². The fourth-order valence-electron chi connectivity index (χ4n) is 1.90. The van der Waals surface area contributed by atoms with Crippen LogP contribution in [0.15, 0.2) is 0 Å². The Balaban J connectivity index is 4.35. The van der Waals surface area contributed by atoms with Crippen LogP contribution in [-0.4, -0.2) is 35.8 Å². The number of hydrogen-bond acceptors (Lipinski definition) is 6. The van der Waals surface area contributed by atoms with Crippen LogP contribution in [0.5, 0.6) is 0 Å². The minimum Gasteiger partial charge on any atom is -0.481 e. The van der Waals surface area contributed by atoms with Crippen LogP contribution in [-0.2, 0) is 23.9 Å². The van der Waals surface area contributed by atoms with Crippen molar-refractivity contribution in [2.24, 2.45) is 17.6 Å². The van der Waals surface area contributed by atoms with E-state index in [2.05, 4.69) is 0 Å². The number of carboxylic acids is 1. The highest BCUT2D eigenvalue weighted by atomic mass is 16.7. The Bertz CT molecular complexity index is 355. The fourth-order valence-corrected chi connectivity index (χ4v) is 1.90. The van der Waals surface area contributed by atoms with Gasteiger partial charge in [-0.3, -0.25) is 14.4 Å². The third-order valence-corrected chi connectivity index (χ3v) is 2.87. The molecule has 3 N–H and O–H groups in total. The van der Waals surface area contributed by atoms with E-state index in [9.17, 15) is 14.4 Å². The first kappa shape index (κ1) is 19.4. The Morgan fingerprint density at radius 3 is 2.29 bits per heavy atom. The monoisotopic (exact) mass is 303 g/mol. The zero-order valence-electron chi connectivity index (χ0n) is 12.8. The summed E-state index contributed by atoms with van der Waals surface area (Å²) in [7, 11) is 0. The molecule has 0 bridgehead atoms. The molecule has 0 aliphatic rings. The second kappa shape index (κ2) is 10.1. The highest BCUT2D eigenvalue weighted by Gasteiger charge is 2.28. The Kier molecular flexibility index (Phi) is 9.36. The van der Waals surface area contributed by atoms with Gasteiger partial charge < -0.3 is 20.3 Å². The second-order valence-corrected chi connectivity index (χ2v) is 5.36. The largest absolute Gasteiger partial charge is 0.481 e. The van der Waals surface area contributed by atoms with E-state index in [0.717, 1.165) is 0 Å². The lowest BCUT2D eigenvalue weighted by Crippen LogP contribution is -2.41. The number of carboxylic acid groups (broad SMARTS) is 1. The molecule has 0 aliphatic carbocycles. The minimum absolute atomic E-state index is 0.204. The number of hydrogen-bond donors (Lipinski definition) is 2. The van der Waals surface area contributed by atoms with Gasteiger partial charge in [0.2, 0.25) is 6.79 Å². The van der Waals surface area contributed by atoms with Gasteiger partial charge in [-0.05, 0) is 24.7 Å². The summed E-state index contributed by atoms with van der Waals surface area (Å²) in [6.45, 7) is 5.16. The fraction of sp³-hybridized carbons (Fsp3) is 0.786. The van der Waals surface area contributed by atoms with Crippen LogP contribution in [0.3, 0.4) is 0 Å². The van der Waals surface area contributed by atoms with E-state index in [1.54, 1.807) is 0 Å². The van der Waals surface area contributed by atoms with Gasteiger partial charge in [-0.15, -0.1) is 0 Å². The Morgan fingerprint density at radius 1 is 1.19 bits per heavy atom. The van der Waals surface area contributed by atoms with Gasteiger partial charge in [-0.2, -0.15) is 0 Å². The highest BCUT2D eigenvalue weighted by Crippen LogP contribution is 2.19. The molecular formula is C14H25NO6. The van der Waals surface area contributed by atoms with Gasteiger partial charge in [0.25, 0.3) is 0 Å². The number of carbonyl (C=O) groups excluding carboxylic acids is 2. The summed E-state index contributed by atoms with van der Waals surface area (Å²) in [5.74, 6) is -2.54. The van der Waals surface area contributed by atoms with Gasteiger partial charge in [-0.1, -0.05) is 20.8 Å². The average molecular weight is 303 g/mol. The summed E-state index contributed by atoms with van der Waals surface area (Å²) in [5, 5.41) is 8.86. The molecule has 0 heterocycles. The molecule has 21 heavy (non-hydrogen) atoms. The highest BCUT2D eigenvalue weighted by molar-refractivity contribution is 5.77. The van der Waals surface area contributed by atoms with Crippen molar-refractivity contribution in [3.05, 3.63) is 0 Å². The van der Waals surface area contributed by atoms with E-state index in [1.807, 2.05) is 20.8 Å². The van der Waals surface area contributed by atoms with Crippen molar-refractivity contribution in [3.63, 3.8) is 0 Å². The van der Waals surface area contributed by atoms with Crippen LogP contribution in [0.1, 0.15) is 46.5 Å². The molecule has 0 saturated carbocycles. The van der Waals surface area contributed by atoms with Gasteiger partial charge in [0.05, 0.1) is 6.42 Å². The van der Waals surface area contributed by atoms with Crippen LogP contribution >= 0.6 is 0 Å². The number of ether oxygens (including phenoxy) is 2. The summed E-state index contributed by atoms with van der Waals surface area (Å²) in [5.41, 5.74) is 5.76. The third kappa shape index (κ3) is 9.01. The van der Waals surface area contributed by atoms with Gasteiger partial charge in [0.1, 0.15) is 6.04 Å². The summed E-state index contributed by atoms with van der Waals surface area (Å²) < 4.78 is 9.46. The van der Waals surface area contributed by atoms with Gasteiger partial charge in [0, 0.05) is 6.42 Å². The first-order chi connectivity index (χ1) is 9.77. The molecule has 0 radical (unpaired) electrons. The maximum absolute atomic E-state index is 11.8. The average Bonchev–Trinajstić information content (AvgIpc) is 2.36. The molecule has 0 aromatic carbocycles. The molecule has 2 atom stereocenters. The molecule has 0 aromatic rings. The van der Waals surface area contributed by atoms with E-state index in [1.165, 1.54) is 0 Å². The van der Waals surface area contributed by atoms with Crippen molar-refractivity contribution < 1.29 is 29.0 Å². The molecule has 7 nitrogen and oxygen atoms in total. The van der Waals surface area contributed by atoms with Crippen LogP contribution in [0.4, 0.5) is 0 Å². The zero-order chi connectivity index (χ0) is 16.4. The number of nitrogens with two attached hydrogens (primary N) is 1. The molecule has 0 fully saturated rings. The number of carbonyl (C=O) groups is 3. The summed E-state index contributed by atoms with van der Waals surface area (Å²) in [6, 6.07) is -1.05. The molecule has 0 spiro atoms. The molecule has 7 heteroatoms. The Hall–Kier alpha value is -1.63. The van der Waals surface area contributed by atoms with Crippen LogP contribution < -0.4 is 5.73 Å². The Morgan fingerprint density at radius 2 is 1.81 bits per heavy atom. The van der Waals surface area contributed by atoms with Gasteiger partial charge >= 0.3 is 17.9 Å². The predicted molar refractivity (Wildman–Crippen MR) is 75.1 cm³/mol. The summed E-state index contributed by atoms with van der Waals surface area (Å²) >= 11 is 0. The third-order valence-electron chi connectivity index (χ3n) is 2.87. The normalized spacial score (nSPS) is 13.6. The van der Waals surface area contributed by atoms with Crippen molar-refractivity contribution in [3.8, 4) is 0 Å². The van der Waals surface area contributed by atoms with Crippen LogP contribution in [0.25, 0.3) is 0 Å². The maximum atomic E-state index is 11.8. The van der Waals surface area contributed by atoms with Gasteiger partial charge in [0.15, 0.2) is 0 Å². The molecule has 0 saturated heterocycles. The van der Waals surface area contributed by atoms with Crippen LogP contribution in [0.2, 0.25) is 0 Å². The second-order valence-electron chi connectivity index (χ2n) is 5.36. The van der Waals surface area contributed by atoms with Crippen molar-refractivity contribution >= 4 is 17.9 Å². The minimum atomic E-state index is -1.05. The van der Waals surface area contributed by atoms with E-state index >= 15 is 0 Å². The lowest BCUT2D eigenvalue weighted by Gasteiger charge is -2.22. The van der Waals surface area contributed by atoms with Gasteiger partial charge in [-0.25, -0.2) is 0 Å². The first-order valence-electron chi connectivity index (χ1n) is 7.07. The van der Waals surface area contributed by atoms with E-state index in [0.29, 0.717) is 12.8 Å². The van der Waals surface area contributed by atoms with E-state index in [4.69, 9.17) is 20.3 Å². The topological polar surface area (TPSA) is 116 Å². The smallest absolute Gasteiger partial charge is 0.326 e. The quantitative estimate of drug-likeness (QED) is 0.461. The molecule has 0 aromatic heterocycles. The molecular weight excluding hydrogens is 278 g/mol. The molecule has 0 rings (SSSR count). The predicted octanol–water partition coefficient (Wildman–Crippen LogP) is 1.29. The van der Waals surface area contributed by atoms with Crippen molar-refractivity contribution in [1.29, 1.82) is 0 Å². The SMILES string of the molecule is CCCC(=O)OCOC(=O)C(N)C(CC(=O)O)CC(C)C. The number of aliphatic carboxylic acids is 1. The number of esters is 2. The molecule has 122 valence electrons. The first-order valence-corrected chi connectivity index (χ1v) is 7.07. The van der Waals surface area contributed by atoms with Crippen molar-refractivity contribution in [2.75, 3.05) is 6.79 Å².